The van der Waals surface area contributed by atoms with E-state index < -0.39 is 10.9 Å². The molecular formula is C8H9ClN4O. The first-order chi connectivity index (χ1) is 6.44. The summed E-state index contributed by atoms with van der Waals surface area (Å²) in [5, 5.41) is 7.12. The van der Waals surface area contributed by atoms with Crippen LogP contribution in [0.1, 0.15) is 13.8 Å². The fourth-order valence-corrected chi connectivity index (χ4v) is 1.85. The number of hydrogen-bond donors (Lipinski definition) is 1. The minimum Gasteiger partial charge on any atom is -0.382 e. The largest absolute Gasteiger partial charge is 0.382 e. The van der Waals surface area contributed by atoms with E-state index >= 15 is 0 Å². The van der Waals surface area contributed by atoms with E-state index in [1.54, 1.807) is 6.20 Å². The zero-order chi connectivity index (χ0) is 10.5. The molecule has 2 N–H and O–H groups in total. The number of carbonyl (C=O) groups is 1. The van der Waals surface area contributed by atoms with Crippen molar-refractivity contribution in [1.29, 1.82) is 0 Å². The first-order valence-electron chi connectivity index (χ1n) is 4.07. The first kappa shape index (κ1) is 9.21. The van der Waals surface area contributed by atoms with Crippen LogP contribution in [0.25, 0.3) is 0 Å². The Morgan fingerprint density at radius 2 is 2.21 bits per heavy atom. The molecule has 74 valence electrons. The van der Waals surface area contributed by atoms with Gasteiger partial charge in [-0.3, -0.25) is 9.69 Å². The lowest BCUT2D eigenvalue weighted by molar-refractivity contribution is 0.221. The Morgan fingerprint density at radius 3 is 2.71 bits per heavy atom. The van der Waals surface area contributed by atoms with Gasteiger partial charge >= 0.3 is 5.37 Å². The van der Waals surface area contributed by atoms with Crippen LogP contribution in [0.3, 0.4) is 0 Å². The third-order valence-electron chi connectivity index (χ3n) is 2.42. The summed E-state index contributed by atoms with van der Waals surface area (Å²) in [6.07, 6.45) is 1.58. The number of halogens is 1. The standard InChI is InChI=1S/C8H9ClN4O/c1-8(2)5-4(6(10)12-11-5)3-13(8)7(9)14/h3H,1-2H3,(H2,10,12). The molecule has 2 heterocycles. The molecule has 0 aromatic heterocycles. The number of nitrogens with zero attached hydrogens (tertiary/aromatic N) is 3. The van der Waals surface area contributed by atoms with Gasteiger partial charge in [0.25, 0.3) is 0 Å². The first-order valence-corrected chi connectivity index (χ1v) is 4.45. The molecule has 0 spiro atoms. The van der Waals surface area contributed by atoms with Crippen molar-refractivity contribution >= 4 is 28.5 Å². The lowest BCUT2D eigenvalue weighted by Gasteiger charge is -2.28. The van der Waals surface area contributed by atoms with Gasteiger partial charge in [0, 0.05) is 6.20 Å². The Bertz CT molecular complexity index is 408. The summed E-state index contributed by atoms with van der Waals surface area (Å²) in [7, 11) is 0. The molecule has 1 amide bonds. The van der Waals surface area contributed by atoms with Gasteiger partial charge in [0.15, 0.2) is 5.84 Å². The van der Waals surface area contributed by atoms with Crippen molar-refractivity contribution < 1.29 is 4.79 Å². The van der Waals surface area contributed by atoms with Gasteiger partial charge in [0.2, 0.25) is 0 Å². The number of amidine groups is 1. The zero-order valence-corrected chi connectivity index (χ0v) is 8.54. The molecule has 0 radical (unpaired) electrons. The molecule has 2 aliphatic heterocycles. The van der Waals surface area contributed by atoms with Crippen LogP contribution in [0, 0.1) is 0 Å². The van der Waals surface area contributed by atoms with Crippen molar-refractivity contribution in [3.8, 4) is 0 Å². The number of hydrogen-bond acceptors (Lipinski definition) is 4. The lowest BCUT2D eigenvalue weighted by Crippen LogP contribution is -2.44. The predicted molar refractivity (Wildman–Crippen MR) is 54.3 cm³/mol. The molecule has 0 aliphatic carbocycles. The van der Waals surface area contributed by atoms with E-state index in [4.69, 9.17) is 17.3 Å². The van der Waals surface area contributed by atoms with Crippen molar-refractivity contribution in [3.63, 3.8) is 0 Å². The third-order valence-corrected chi connectivity index (χ3v) is 2.60. The summed E-state index contributed by atoms with van der Waals surface area (Å²) in [6, 6.07) is 0. The van der Waals surface area contributed by atoms with Crippen LogP contribution in [0.4, 0.5) is 4.79 Å². The van der Waals surface area contributed by atoms with E-state index in [0.717, 1.165) is 0 Å². The summed E-state index contributed by atoms with van der Waals surface area (Å²) >= 11 is 5.43. The van der Waals surface area contributed by atoms with Crippen molar-refractivity contribution in [2.24, 2.45) is 15.9 Å². The number of fused-ring (bicyclic) bond motifs is 1. The molecule has 0 atom stereocenters. The zero-order valence-electron chi connectivity index (χ0n) is 7.78. The van der Waals surface area contributed by atoms with Crippen LogP contribution < -0.4 is 5.73 Å². The Morgan fingerprint density at radius 1 is 1.57 bits per heavy atom. The molecule has 5 nitrogen and oxygen atoms in total. The topological polar surface area (TPSA) is 71.0 Å². The molecule has 14 heavy (non-hydrogen) atoms. The monoisotopic (exact) mass is 212 g/mol. The number of rotatable bonds is 0. The molecule has 6 heteroatoms. The Hall–Kier alpha value is -1.36. The van der Waals surface area contributed by atoms with Crippen LogP contribution in [-0.4, -0.2) is 27.4 Å². The molecule has 0 unspecified atom stereocenters. The molecule has 0 saturated carbocycles. The van der Waals surface area contributed by atoms with E-state index in [9.17, 15) is 4.79 Å². The highest BCUT2D eigenvalue weighted by Gasteiger charge is 2.44. The van der Waals surface area contributed by atoms with Crippen LogP contribution in [-0.2, 0) is 0 Å². The molecule has 0 saturated heterocycles. The van der Waals surface area contributed by atoms with E-state index in [2.05, 4.69) is 10.2 Å². The second-order valence-corrected chi connectivity index (χ2v) is 3.98. The molecule has 0 aromatic carbocycles. The third kappa shape index (κ3) is 0.988. The van der Waals surface area contributed by atoms with Gasteiger partial charge < -0.3 is 5.73 Å². The van der Waals surface area contributed by atoms with Crippen LogP contribution in [0.5, 0.6) is 0 Å². The minimum absolute atomic E-state index is 0.327. The van der Waals surface area contributed by atoms with Crippen molar-refractivity contribution in [3.05, 3.63) is 11.8 Å². The molecule has 2 rings (SSSR count). The minimum atomic E-state index is -0.571. The van der Waals surface area contributed by atoms with Gasteiger partial charge in [-0.25, -0.2) is 0 Å². The average molecular weight is 213 g/mol. The van der Waals surface area contributed by atoms with E-state index in [-0.39, 0.29) is 0 Å². The maximum atomic E-state index is 11.1. The number of carbonyl (C=O) groups excluding carboxylic acids is 1. The maximum absolute atomic E-state index is 11.1. The lowest BCUT2D eigenvalue weighted by atomic mass is 9.96. The highest BCUT2D eigenvalue weighted by atomic mass is 35.5. The molecule has 2 aliphatic rings. The maximum Gasteiger partial charge on any atom is 0.321 e. The summed E-state index contributed by atoms with van der Waals surface area (Å²) in [5.41, 5.74) is 6.39. The number of nitrogens with two attached hydrogens (primary N) is 1. The van der Waals surface area contributed by atoms with Gasteiger partial charge in [-0.2, -0.15) is 5.10 Å². The summed E-state index contributed by atoms with van der Waals surface area (Å²) in [5.74, 6) is 0.327. The Labute approximate surface area is 85.9 Å². The molecule has 0 bridgehead atoms. The second-order valence-electron chi connectivity index (χ2n) is 3.66. The van der Waals surface area contributed by atoms with Gasteiger partial charge in [-0.05, 0) is 25.4 Å². The molecular weight excluding hydrogens is 204 g/mol. The summed E-state index contributed by atoms with van der Waals surface area (Å²) in [4.78, 5) is 12.5. The SMILES string of the molecule is CC1(C)C2=NN=C(N)C2=CN1C(=O)Cl. The van der Waals surface area contributed by atoms with E-state index in [0.29, 0.717) is 17.1 Å². The van der Waals surface area contributed by atoms with E-state index in [1.165, 1.54) is 4.90 Å². The van der Waals surface area contributed by atoms with Crippen molar-refractivity contribution in [1.82, 2.24) is 4.90 Å². The smallest absolute Gasteiger partial charge is 0.321 e. The Kier molecular flexibility index (Phi) is 1.69. The fourth-order valence-electron chi connectivity index (χ4n) is 1.59. The normalized spacial score (nSPS) is 22.8. The summed E-state index contributed by atoms with van der Waals surface area (Å²) in [6.45, 7) is 3.67. The van der Waals surface area contributed by atoms with Crippen molar-refractivity contribution in [2.75, 3.05) is 0 Å². The number of amides is 1. The van der Waals surface area contributed by atoms with Crippen LogP contribution in [0.15, 0.2) is 22.0 Å². The highest BCUT2D eigenvalue weighted by Crippen LogP contribution is 2.32. The Balaban J connectivity index is 2.48. The predicted octanol–water partition coefficient (Wildman–Crippen LogP) is 1.05. The van der Waals surface area contributed by atoms with Crippen LogP contribution in [0.2, 0.25) is 0 Å². The highest BCUT2D eigenvalue weighted by molar-refractivity contribution is 6.63. The average Bonchev–Trinajstić information content (AvgIpc) is 2.53. The van der Waals surface area contributed by atoms with Gasteiger partial charge in [-0.1, -0.05) is 0 Å². The summed E-state index contributed by atoms with van der Waals surface area (Å²) < 4.78 is 0. The quantitative estimate of drug-likeness (QED) is 0.482. The van der Waals surface area contributed by atoms with Gasteiger partial charge in [-0.15, -0.1) is 5.10 Å². The van der Waals surface area contributed by atoms with Gasteiger partial charge in [0.05, 0.1) is 11.1 Å². The van der Waals surface area contributed by atoms with Crippen LogP contribution >= 0.6 is 11.6 Å². The van der Waals surface area contributed by atoms with Gasteiger partial charge in [0.1, 0.15) is 5.71 Å². The fraction of sp³-hybridized carbons (Fsp3) is 0.375. The molecule has 0 aromatic rings. The van der Waals surface area contributed by atoms with E-state index in [1.807, 2.05) is 13.8 Å². The second kappa shape index (κ2) is 2.57. The molecule has 0 fully saturated rings. The van der Waals surface area contributed by atoms with Crippen molar-refractivity contribution in [2.45, 2.75) is 19.4 Å².